The fraction of sp³-hybridized carbons (Fsp3) is 0.545. The minimum Gasteiger partial charge on any atom is -0.468 e. The maximum absolute atomic E-state index is 14.4. The number of allylic oxidation sites excluding steroid dienone is 12. The molecule has 0 unspecified atom stereocenters. The Morgan fingerprint density at radius 1 is 0.812 bits per heavy atom. The van der Waals surface area contributed by atoms with Crippen LogP contribution in [-0.2, 0) is 23.9 Å². The lowest BCUT2D eigenvalue weighted by Crippen LogP contribution is -2.25. The largest absolute Gasteiger partial charge is 0.468 e. The second kappa shape index (κ2) is 21.3. The maximum atomic E-state index is 14.4. The van der Waals surface area contributed by atoms with Crippen LogP contribution >= 0.6 is 0 Å². The van der Waals surface area contributed by atoms with Gasteiger partial charge in [0.1, 0.15) is 12.5 Å². The minimum absolute atomic E-state index is 0.142. The highest BCUT2D eigenvalue weighted by atomic mass is 16.5. The first kappa shape index (κ1) is 48.4. The third kappa shape index (κ3) is 10.6. The zero-order chi connectivity index (χ0) is 46.4. The molecule has 1 fully saturated rings. The minimum atomic E-state index is -1.22. The van der Waals surface area contributed by atoms with Gasteiger partial charge in [0.2, 0.25) is 0 Å². The van der Waals surface area contributed by atoms with E-state index in [1.807, 2.05) is 44.2 Å². The number of carbonyl (C=O) groups excluding carboxylic acids is 3. The van der Waals surface area contributed by atoms with Gasteiger partial charge in [-0.1, -0.05) is 105 Å². The number of ketones is 1. The van der Waals surface area contributed by atoms with Crippen LogP contribution in [-0.4, -0.2) is 54.3 Å². The van der Waals surface area contributed by atoms with Gasteiger partial charge in [0.05, 0.1) is 47.0 Å². The first-order chi connectivity index (χ1) is 30.6. The number of hydrogen-bond donors (Lipinski definition) is 0. The van der Waals surface area contributed by atoms with Gasteiger partial charge in [0.25, 0.3) is 0 Å². The number of esters is 2. The van der Waals surface area contributed by atoms with Crippen molar-refractivity contribution < 1.29 is 23.9 Å². The molecule has 0 N–H and O–H groups in total. The highest BCUT2D eigenvalue weighted by molar-refractivity contribution is 6.43. The van der Waals surface area contributed by atoms with Crippen molar-refractivity contribution in [2.75, 3.05) is 13.7 Å². The Morgan fingerprint density at radius 2 is 1.44 bits per heavy atom. The van der Waals surface area contributed by atoms with Gasteiger partial charge in [-0.2, -0.15) is 0 Å². The summed E-state index contributed by atoms with van der Waals surface area (Å²) in [6.45, 7) is 26.0. The third-order valence-corrected chi connectivity index (χ3v) is 14.2. The van der Waals surface area contributed by atoms with Crippen molar-refractivity contribution in [2.45, 2.75) is 146 Å². The summed E-state index contributed by atoms with van der Waals surface area (Å²) in [4.78, 5) is 61.8. The van der Waals surface area contributed by atoms with E-state index in [0.29, 0.717) is 46.2 Å². The molecule has 8 bridgehead atoms. The second-order valence-corrected chi connectivity index (χ2v) is 19.4. The molecule has 64 heavy (non-hydrogen) atoms. The average Bonchev–Trinajstić information content (AvgIpc) is 3.99. The lowest BCUT2D eigenvalue weighted by atomic mass is 9.83. The lowest BCUT2D eigenvalue weighted by Gasteiger charge is -2.20. The van der Waals surface area contributed by atoms with Crippen LogP contribution in [0.25, 0.3) is 0 Å². The predicted octanol–water partition coefficient (Wildman–Crippen LogP) is 12.6. The standard InChI is InChI=1S/C55H72N4O5/c1-13-39-35(8)42-28-44-37(10)41(24-25-48(60)64-27-26-34(7)23-17-22-33(6)21-16-20-32(5)19-15-18-31(3)4)52(58-44)50-51(55(62)63-12)54(61)49-38(11)45(59-53(49)50)30-47-40(14-2)36(9)43(57-47)29-46(39)56-42/h13,26,28-33,37,41,51H,1,14-25,27H2,2-12H3/t32-,33-,37+,41+,51-/m1/s1. The van der Waals surface area contributed by atoms with Gasteiger partial charge in [-0.05, 0) is 118 Å². The van der Waals surface area contributed by atoms with E-state index in [-0.39, 0.29) is 36.6 Å². The van der Waals surface area contributed by atoms with Crippen molar-refractivity contribution in [3.8, 4) is 0 Å². The SMILES string of the molecule is C=CC1=C(C)C2=CC3=NC(=C4C5=NC(=CC6=NC(=CC1=N2)C(C)=C6CC)C(C)=C5C(=O)[C@@H]4C(=O)OC)[C@@H](CCC(=O)OCC=C(C)CCC[C@H](C)CCC[C@H](C)CCCC(C)C)[C@@H]3C. The Kier molecular flexibility index (Phi) is 16.1. The Balaban J connectivity index is 1.20. The molecule has 0 aromatic heterocycles. The molecule has 1 aliphatic carbocycles. The molecule has 1 saturated carbocycles. The number of hydrogen-bond acceptors (Lipinski definition) is 9. The molecule has 0 aromatic carbocycles. The number of aliphatic imine (C=N–C) groups is 4. The van der Waals surface area contributed by atoms with Crippen molar-refractivity contribution in [1.82, 2.24) is 0 Å². The van der Waals surface area contributed by atoms with Crippen molar-refractivity contribution in [3.05, 3.63) is 104 Å². The Morgan fingerprint density at radius 3 is 2.09 bits per heavy atom. The molecule has 6 aliphatic rings. The first-order valence-corrected chi connectivity index (χ1v) is 24.0. The van der Waals surface area contributed by atoms with Crippen LogP contribution in [0.15, 0.2) is 124 Å². The third-order valence-electron chi connectivity index (χ3n) is 14.2. The zero-order valence-corrected chi connectivity index (χ0v) is 40.6. The maximum Gasteiger partial charge on any atom is 0.321 e. The van der Waals surface area contributed by atoms with Gasteiger partial charge in [0, 0.05) is 40.7 Å². The molecule has 6 rings (SSSR count). The van der Waals surface area contributed by atoms with Gasteiger partial charge < -0.3 is 9.47 Å². The number of Topliss-reactive ketones (excluding diaryl/α,β-unsaturated/α-hetero) is 1. The van der Waals surface area contributed by atoms with Crippen molar-refractivity contribution in [2.24, 2.45) is 55.5 Å². The Labute approximate surface area is 382 Å². The van der Waals surface area contributed by atoms with Crippen molar-refractivity contribution >= 4 is 40.6 Å². The summed E-state index contributed by atoms with van der Waals surface area (Å²) in [6.07, 6.45) is 22.4. The van der Waals surface area contributed by atoms with Crippen LogP contribution in [0.1, 0.15) is 146 Å². The summed E-state index contributed by atoms with van der Waals surface area (Å²) in [7, 11) is 1.30. The molecule has 0 aromatic rings. The molecule has 5 aliphatic heterocycles. The number of rotatable bonds is 20. The Bertz CT molecular complexity index is 2330. The van der Waals surface area contributed by atoms with Crippen LogP contribution in [0.4, 0.5) is 0 Å². The first-order valence-electron chi connectivity index (χ1n) is 24.0. The number of carbonyl (C=O) groups is 3. The van der Waals surface area contributed by atoms with E-state index in [1.165, 1.54) is 57.6 Å². The van der Waals surface area contributed by atoms with Crippen LogP contribution in [0.2, 0.25) is 0 Å². The van der Waals surface area contributed by atoms with Gasteiger partial charge in [-0.3, -0.25) is 19.4 Å². The smallest absolute Gasteiger partial charge is 0.321 e. The fourth-order valence-electron chi connectivity index (χ4n) is 10.1. The number of fused-ring (bicyclic) bond motifs is 4. The van der Waals surface area contributed by atoms with E-state index in [2.05, 4.69) is 62.0 Å². The molecule has 0 amide bonds. The molecular weight excluding hydrogens is 797 g/mol. The molecule has 9 nitrogen and oxygen atoms in total. The van der Waals surface area contributed by atoms with Crippen molar-refractivity contribution in [1.29, 1.82) is 0 Å². The molecule has 5 heterocycles. The van der Waals surface area contributed by atoms with E-state index in [4.69, 9.17) is 29.4 Å². The lowest BCUT2D eigenvalue weighted by molar-refractivity contribution is -0.146. The normalized spacial score (nSPS) is 22.8. The number of nitrogens with zero attached hydrogens (tertiary/aromatic N) is 4. The molecule has 9 heteroatoms. The molecule has 342 valence electrons. The van der Waals surface area contributed by atoms with E-state index in [1.54, 1.807) is 0 Å². The van der Waals surface area contributed by atoms with Gasteiger partial charge in [-0.25, -0.2) is 15.0 Å². The highest BCUT2D eigenvalue weighted by Crippen LogP contribution is 2.47. The summed E-state index contributed by atoms with van der Waals surface area (Å²) in [5.41, 5.74) is 12.3. The quantitative estimate of drug-likeness (QED) is 0.0686. The van der Waals surface area contributed by atoms with E-state index >= 15 is 0 Å². The molecule has 0 radical (unpaired) electrons. The van der Waals surface area contributed by atoms with Crippen LogP contribution in [0.3, 0.4) is 0 Å². The summed E-state index contributed by atoms with van der Waals surface area (Å²) in [5, 5.41) is 0. The van der Waals surface area contributed by atoms with Crippen LogP contribution < -0.4 is 0 Å². The predicted molar refractivity (Wildman–Crippen MR) is 261 cm³/mol. The summed E-state index contributed by atoms with van der Waals surface area (Å²) < 4.78 is 11.0. The highest BCUT2D eigenvalue weighted by Gasteiger charge is 2.51. The van der Waals surface area contributed by atoms with Gasteiger partial charge in [-0.15, -0.1) is 0 Å². The van der Waals surface area contributed by atoms with E-state index in [0.717, 1.165) is 81.9 Å². The van der Waals surface area contributed by atoms with Gasteiger partial charge in [0.15, 0.2) is 5.78 Å². The van der Waals surface area contributed by atoms with E-state index < -0.39 is 11.9 Å². The summed E-state index contributed by atoms with van der Waals surface area (Å²) in [6, 6.07) is 0. The summed E-state index contributed by atoms with van der Waals surface area (Å²) in [5.74, 6) is -0.711. The van der Waals surface area contributed by atoms with Crippen LogP contribution in [0.5, 0.6) is 0 Å². The Hall–Kier alpha value is -5.05. The number of methoxy groups -OCH3 is 1. The fourth-order valence-corrected chi connectivity index (χ4v) is 10.1. The molecule has 0 saturated heterocycles. The van der Waals surface area contributed by atoms with Crippen molar-refractivity contribution in [3.63, 3.8) is 0 Å². The second-order valence-electron chi connectivity index (χ2n) is 19.4. The topological polar surface area (TPSA) is 119 Å². The van der Waals surface area contributed by atoms with E-state index in [9.17, 15) is 14.4 Å². The van der Waals surface area contributed by atoms with Gasteiger partial charge >= 0.3 is 11.9 Å². The average molecular weight is 869 g/mol. The molecule has 0 spiro atoms. The van der Waals surface area contributed by atoms with Crippen LogP contribution in [0, 0.1) is 35.5 Å². The number of ether oxygens (including phenoxy) is 2. The monoisotopic (exact) mass is 869 g/mol. The molecule has 5 atom stereocenters. The summed E-state index contributed by atoms with van der Waals surface area (Å²) >= 11 is 0. The molecular formula is C55H72N4O5. The zero-order valence-electron chi connectivity index (χ0n) is 40.6.